The second-order valence-electron chi connectivity index (χ2n) is 7.34. The highest BCUT2D eigenvalue weighted by Crippen LogP contribution is 2.42. The van der Waals surface area contributed by atoms with E-state index in [-0.39, 0.29) is 23.5 Å². The molecule has 1 amide bonds. The highest BCUT2D eigenvalue weighted by molar-refractivity contribution is 7.91. The van der Waals surface area contributed by atoms with Crippen LogP contribution in [0.4, 0.5) is 0 Å². The fourth-order valence-corrected chi connectivity index (χ4v) is 5.23. The molecule has 2 aliphatic rings. The zero-order valence-electron chi connectivity index (χ0n) is 14.8. The van der Waals surface area contributed by atoms with Crippen LogP contribution in [-0.4, -0.2) is 35.6 Å². The van der Waals surface area contributed by atoms with Gasteiger partial charge in [-0.25, -0.2) is 8.42 Å². The van der Waals surface area contributed by atoms with Crippen LogP contribution in [0.25, 0.3) is 0 Å². The summed E-state index contributed by atoms with van der Waals surface area (Å²) in [6, 6.07) is 9.63. The van der Waals surface area contributed by atoms with Gasteiger partial charge in [-0.3, -0.25) is 9.48 Å². The molecule has 1 aliphatic heterocycles. The van der Waals surface area contributed by atoms with Gasteiger partial charge in [-0.05, 0) is 43.4 Å². The maximum atomic E-state index is 12.6. The molecule has 1 saturated carbocycles. The number of rotatable bonds is 5. The summed E-state index contributed by atoms with van der Waals surface area (Å²) in [6.07, 6.45) is 2.73. The van der Waals surface area contributed by atoms with Crippen LogP contribution < -0.4 is 5.32 Å². The number of carbonyl (C=O) groups is 1. The predicted molar refractivity (Wildman–Crippen MR) is 98.9 cm³/mol. The van der Waals surface area contributed by atoms with Gasteiger partial charge in [-0.15, -0.1) is 0 Å². The molecule has 1 N–H and O–H groups in total. The molecular weight excluding hydrogens is 350 g/mol. The number of sulfone groups is 1. The van der Waals surface area contributed by atoms with Crippen LogP contribution in [0.15, 0.2) is 30.3 Å². The highest BCUT2D eigenvalue weighted by atomic mass is 32.2. The number of aryl methyl sites for hydroxylation is 1. The van der Waals surface area contributed by atoms with Crippen molar-refractivity contribution < 1.29 is 13.2 Å². The number of benzene rings is 1. The van der Waals surface area contributed by atoms with Gasteiger partial charge in [0.1, 0.15) is 5.69 Å². The summed E-state index contributed by atoms with van der Waals surface area (Å²) in [6.45, 7) is 2.47. The highest BCUT2D eigenvalue weighted by Gasteiger charge is 2.36. The van der Waals surface area contributed by atoms with Crippen molar-refractivity contribution >= 4 is 15.7 Å². The van der Waals surface area contributed by atoms with E-state index >= 15 is 0 Å². The van der Waals surface area contributed by atoms with Crippen LogP contribution in [0.1, 0.15) is 58.5 Å². The van der Waals surface area contributed by atoms with E-state index in [1.165, 1.54) is 0 Å². The summed E-state index contributed by atoms with van der Waals surface area (Å²) in [5.41, 5.74) is 3.59. The lowest BCUT2D eigenvalue weighted by atomic mass is 10.1. The SMILES string of the molecule is Cc1ccccc1CNC(=O)c1cc(C2CC2)n(C2CCS(=O)(=O)C2)n1. The van der Waals surface area contributed by atoms with E-state index in [1.54, 1.807) is 0 Å². The topological polar surface area (TPSA) is 81.1 Å². The van der Waals surface area contributed by atoms with Crippen molar-refractivity contribution in [2.24, 2.45) is 0 Å². The molecule has 7 heteroatoms. The molecule has 138 valence electrons. The van der Waals surface area contributed by atoms with Crippen LogP contribution in [0.5, 0.6) is 0 Å². The molecule has 1 aromatic heterocycles. The van der Waals surface area contributed by atoms with Crippen LogP contribution >= 0.6 is 0 Å². The minimum atomic E-state index is -2.99. The molecule has 0 radical (unpaired) electrons. The quantitative estimate of drug-likeness (QED) is 0.872. The van der Waals surface area contributed by atoms with Gasteiger partial charge in [-0.1, -0.05) is 24.3 Å². The van der Waals surface area contributed by atoms with Crippen LogP contribution in [0, 0.1) is 6.92 Å². The number of aromatic nitrogens is 2. The number of hydrogen-bond donors (Lipinski definition) is 1. The summed E-state index contributed by atoms with van der Waals surface area (Å²) in [5, 5.41) is 7.42. The van der Waals surface area contributed by atoms with Crippen molar-refractivity contribution in [1.29, 1.82) is 0 Å². The van der Waals surface area contributed by atoms with Gasteiger partial charge in [0.25, 0.3) is 5.91 Å². The monoisotopic (exact) mass is 373 g/mol. The van der Waals surface area contributed by atoms with Crippen molar-refractivity contribution in [3.63, 3.8) is 0 Å². The van der Waals surface area contributed by atoms with Crippen molar-refractivity contribution in [3.8, 4) is 0 Å². The molecule has 1 unspecified atom stereocenters. The van der Waals surface area contributed by atoms with E-state index in [2.05, 4.69) is 10.4 Å². The average molecular weight is 373 g/mol. The van der Waals surface area contributed by atoms with Crippen molar-refractivity contribution in [1.82, 2.24) is 15.1 Å². The maximum Gasteiger partial charge on any atom is 0.272 e. The van der Waals surface area contributed by atoms with E-state index in [4.69, 9.17) is 0 Å². The van der Waals surface area contributed by atoms with Gasteiger partial charge in [0.2, 0.25) is 0 Å². The molecule has 2 fully saturated rings. The standard InChI is InChI=1S/C19H23N3O3S/c1-13-4-2-3-5-15(13)11-20-19(23)17-10-18(14-6-7-14)22(21-17)16-8-9-26(24,25)12-16/h2-5,10,14,16H,6-9,11-12H2,1H3,(H,20,23). The first-order valence-corrected chi connectivity index (χ1v) is 10.9. The first-order valence-electron chi connectivity index (χ1n) is 9.05. The fourth-order valence-electron chi connectivity index (χ4n) is 3.54. The summed E-state index contributed by atoms with van der Waals surface area (Å²) < 4.78 is 25.5. The minimum absolute atomic E-state index is 0.124. The predicted octanol–water partition coefficient (Wildman–Crippen LogP) is 2.36. The third-order valence-corrected chi connectivity index (χ3v) is 7.00. The summed E-state index contributed by atoms with van der Waals surface area (Å²) in [5.74, 6) is 0.522. The molecule has 1 atom stereocenters. The maximum absolute atomic E-state index is 12.6. The molecule has 26 heavy (non-hydrogen) atoms. The Hall–Kier alpha value is -2.15. The first kappa shape index (κ1) is 17.3. The van der Waals surface area contributed by atoms with Gasteiger partial charge in [-0.2, -0.15) is 5.10 Å². The van der Waals surface area contributed by atoms with Gasteiger partial charge in [0, 0.05) is 18.2 Å². The molecular formula is C19H23N3O3S. The van der Waals surface area contributed by atoms with E-state index in [9.17, 15) is 13.2 Å². The van der Waals surface area contributed by atoms with Gasteiger partial charge >= 0.3 is 0 Å². The van der Waals surface area contributed by atoms with Gasteiger partial charge in [0.15, 0.2) is 9.84 Å². The molecule has 1 aromatic carbocycles. The Bertz CT molecular complexity index is 945. The third kappa shape index (κ3) is 3.53. The number of nitrogens with one attached hydrogen (secondary N) is 1. The minimum Gasteiger partial charge on any atom is -0.347 e. The Morgan fingerprint density at radius 1 is 1.27 bits per heavy atom. The summed E-state index contributed by atoms with van der Waals surface area (Å²) in [4.78, 5) is 12.6. The molecule has 4 rings (SSSR count). The smallest absolute Gasteiger partial charge is 0.272 e. The van der Waals surface area contributed by atoms with Gasteiger partial charge < -0.3 is 5.32 Å². The summed E-state index contributed by atoms with van der Waals surface area (Å²) >= 11 is 0. The lowest BCUT2D eigenvalue weighted by molar-refractivity contribution is 0.0945. The Balaban J connectivity index is 1.52. The zero-order valence-corrected chi connectivity index (χ0v) is 15.6. The van der Waals surface area contributed by atoms with Crippen LogP contribution in [0.3, 0.4) is 0 Å². The van der Waals surface area contributed by atoms with E-state index in [0.717, 1.165) is 29.7 Å². The number of carbonyl (C=O) groups excluding carboxylic acids is 1. The first-order chi connectivity index (χ1) is 12.4. The zero-order chi connectivity index (χ0) is 18.3. The van der Waals surface area contributed by atoms with Crippen molar-refractivity contribution in [3.05, 3.63) is 52.8 Å². The van der Waals surface area contributed by atoms with Crippen LogP contribution in [-0.2, 0) is 16.4 Å². The Kier molecular flexibility index (Phi) is 4.34. The molecule has 1 saturated heterocycles. The molecule has 6 nitrogen and oxygen atoms in total. The normalized spacial score (nSPS) is 21.7. The molecule has 0 spiro atoms. The number of amides is 1. The number of nitrogens with zero attached hydrogens (tertiary/aromatic N) is 2. The van der Waals surface area contributed by atoms with Crippen molar-refractivity contribution in [2.45, 2.75) is 44.7 Å². The summed E-state index contributed by atoms with van der Waals surface area (Å²) in [7, 11) is -2.99. The van der Waals surface area contributed by atoms with E-state index in [0.29, 0.717) is 24.6 Å². The van der Waals surface area contributed by atoms with E-state index in [1.807, 2.05) is 41.9 Å². The Morgan fingerprint density at radius 3 is 2.69 bits per heavy atom. The number of hydrogen-bond acceptors (Lipinski definition) is 4. The van der Waals surface area contributed by atoms with Crippen LogP contribution in [0.2, 0.25) is 0 Å². The molecule has 2 aromatic rings. The third-order valence-electron chi connectivity index (χ3n) is 5.25. The van der Waals surface area contributed by atoms with Gasteiger partial charge in [0.05, 0.1) is 17.5 Å². The largest absolute Gasteiger partial charge is 0.347 e. The molecule has 2 heterocycles. The molecule has 1 aliphatic carbocycles. The average Bonchev–Trinajstić information content (AvgIpc) is 3.25. The Morgan fingerprint density at radius 2 is 2.04 bits per heavy atom. The lowest BCUT2D eigenvalue weighted by Gasteiger charge is -2.12. The fraction of sp³-hybridized carbons (Fsp3) is 0.474. The molecule has 0 bridgehead atoms. The Labute approximate surface area is 153 Å². The lowest BCUT2D eigenvalue weighted by Crippen LogP contribution is -2.24. The second kappa shape index (κ2) is 6.54. The van der Waals surface area contributed by atoms with Crippen molar-refractivity contribution in [2.75, 3.05) is 11.5 Å². The second-order valence-corrected chi connectivity index (χ2v) is 9.57. The van der Waals surface area contributed by atoms with E-state index < -0.39 is 9.84 Å².